The highest BCUT2D eigenvalue weighted by Gasteiger charge is 2.29. The van der Waals surface area contributed by atoms with Crippen molar-refractivity contribution in [2.45, 2.75) is 11.8 Å². The number of sulfone groups is 1. The number of nitrogens with one attached hydrogen (secondary N) is 2. The third-order valence-corrected chi connectivity index (χ3v) is 4.67. The van der Waals surface area contributed by atoms with Gasteiger partial charge in [0.05, 0.1) is 10.6 Å². The summed E-state index contributed by atoms with van der Waals surface area (Å²) in [6, 6.07) is 3.37. The fraction of sp³-hybridized carbons (Fsp3) is 0.462. The highest BCUT2D eigenvalue weighted by molar-refractivity contribution is 7.90. The van der Waals surface area contributed by atoms with Gasteiger partial charge in [-0.25, -0.2) is 12.8 Å². The van der Waals surface area contributed by atoms with E-state index in [2.05, 4.69) is 10.6 Å². The van der Waals surface area contributed by atoms with Crippen molar-refractivity contribution in [1.29, 1.82) is 0 Å². The molecule has 1 aliphatic rings. The van der Waals surface area contributed by atoms with Crippen LogP contribution in [-0.2, 0) is 14.6 Å². The molecule has 7 heteroatoms. The van der Waals surface area contributed by atoms with Crippen LogP contribution >= 0.6 is 0 Å². The van der Waals surface area contributed by atoms with Crippen molar-refractivity contribution in [2.24, 2.45) is 11.8 Å². The lowest BCUT2D eigenvalue weighted by Crippen LogP contribution is -2.48. The van der Waals surface area contributed by atoms with Crippen molar-refractivity contribution < 1.29 is 17.6 Å². The Hall–Kier alpha value is -1.47. The van der Waals surface area contributed by atoms with Crippen molar-refractivity contribution in [3.8, 4) is 0 Å². The molecule has 1 heterocycles. The van der Waals surface area contributed by atoms with Gasteiger partial charge in [-0.3, -0.25) is 4.79 Å². The van der Waals surface area contributed by atoms with Crippen molar-refractivity contribution in [2.75, 3.05) is 24.7 Å². The normalized spacial score (nSPS) is 17.4. The number of benzene rings is 1. The van der Waals surface area contributed by atoms with Crippen LogP contribution in [0.15, 0.2) is 23.1 Å². The molecule has 20 heavy (non-hydrogen) atoms. The fourth-order valence-corrected chi connectivity index (χ4v) is 2.60. The third-order valence-electron chi connectivity index (χ3n) is 3.56. The summed E-state index contributed by atoms with van der Waals surface area (Å²) in [5.74, 6) is -0.973. The molecule has 1 fully saturated rings. The van der Waals surface area contributed by atoms with Gasteiger partial charge in [-0.2, -0.15) is 0 Å². The van der Waals surface area contributed by atoms with Gasteiger partial charge in [-0.05, 0) is 37.2 Å². The molecule has 5 nitrogen and oxygen atoms in total. The van der Waals surface area contributed by atoms with Gasteiger partial charge in [-0.1, -0.05) is 6.92 Å². The summed E-state index contributed by atoms with van der Waals surface area (Å²) in [5, 5.41) is 5.53. The van der Waals surface area contributed by atoms with E-state index in [1.165, 1.54) is 6.07 Å². The molecule has 1 unspecified atom stereocenters. The van der Waals surface area contributed by atoms with Crippen molar-refractivity contribution >= 4 is 21.4 Å². The topological polar surface area (TPSA) is 75.3 Å². The molecule has 0 aliphatic carbocycles. The Labute approximate surface area is 117 Å². The van der Waals surface area contributed by atoms with Crippen LogP contribution in [0.5, 0.6) is 0 Å². The number of halogens is 1. The van der Waals surface area contributed by atoms with E-state index in [-0.39, 0.29) is 28.3 Å². The Morgan fingerprint density at radius 3 is 2.60 bits per heavy atom. The molecule has 1 aromatic rings. The van der Waals surface area contributed by atoms with Crippen LogP contribution in [0, 0.1) is 17.7 Å². The number of carbonyl (C=O) groups is 1. The zero-order valence-corrected chi connectivity index (χ0v) is 12.1. The molecule has 0 spiro atoms. The van der Waals surface area contributed by atoms with E-state index < -0.39 is 15.7 Å². The maximum absolute atomic E-state index is 13.7. The summed E-state index contributed by atoms with van der Waals surface area (Å²) in [6.45, 7) is 3.31. The van der Waals surface area contributed by atoms with Gasteiger partial charge in [0.15, 0.2) is 9.84 Å². The van der Waals surface area contributed by atoms with E-state index in [1.807, 2.05) is 0 Å². The van der Waals surface area contributed by atoms with Crippen LogP contribution in [0.3, 0.4) is 0 Å². The second-order valence-corrected chi connectivity index (χ2v) is 7.13. The van der Waals surface area contributed by atoms with Crippen LogP contribution < -0.4 is 10.6 Å². The Kier molecular flexibility index (Phi) is 4.10. The van der Waals surface area contributed by atoms with E-state index >= 15 is 0 Å². The van der Waals surface area contributed by atoms with E-state index in [0.29, 0.717) is 0 Å². The van der Waals surface area contributed by atoms with Crippen LogP contribution in [-0.4, -0.2) is 33.7 Å². The first-order valence-corrected chi connectivity index (χ1v) is 8.19. The van der Waals surface area contributed by atoms with Gasteiger partial charge in [0, 0.05) is 12.2 Å². The maximum atomic E-state index is 13.7. The summed E-state index contributed by atoms with van der Waals surface area (Å²) in [4.78, 5) is 12.0. The first-order chi connectivity index (χ1) is 9.29. The third kappa shape index (κ3) is 3.16. The molecule has 2 N–H and O–H groups in total. The Morgan fingerprint density at radius 1 is 1.45 bits per heavy atom. The monoisotopic (exact) mass is 300 g/mol. The zero-order chi connectivity index (χ0) is 14.9. The minimum Gasteiger partial charge on any atom is -0.323 e. The molecule has 1 atom stereocenters. The van der Waals surface area contributed by atoms with Gasteiger partial charge >= 0.3 is 0 Å². The molecule has 1 amide bonds. The number of anilines is 1. The molecular formula is C13H17FN2O3S. The van der Waals surface area contributed by atoms with Crippen LogP contribution in [0.2, 0.25) is 0 Å². The van der Waals surface area contributed by atoms with Crippen LogP contribution in [0.25, 0.3) is 0 Å². The second-order valence-electron chi connectivity index (χ2n) is 5.11. The number of amides is 1. The quantitative estimate of drug-likeness (QED) is 0.814. The summed E-state index contributed by atoms with van der Waals surface area (Å²) < 4.78 is 36.5. The van der Waals surface area contributed by atoms with Gasteiger partial charge in [0.25, 0.3) is 0 Å². The predicted molar refractivity (Wildman–Crippen MR) is 73.7 cm³/mol. The number of carbonyl (C=O) groups excluding carboxylic acids is 1. The molecule has 0 saturated carbocycles. The van der Waals surface area contributed by atoms with Crippen molar-refractivity contribution in [3.63, 3.8) is 0 Å². The predicted octanol–water partition coefficient (Wildman–Crippen LogP) is 1.02. The van der Waals surface area contributed by atoms with Gasteiger partial charge in [0.1, 0.15) is 5.82 Å². The first kappa shape index (κ1) is 14.9. The largest absolute Gasteiger partial charge is 0.323 e. The molecule has 0 bridgehead atoms. The SMILES string of the molecule is CC(C(=O)Nc1cc(S(C)(=O)=O)ccc1F)C1CNC1. The molecule has 1 aromatic carbocycles. The summed E-state index contributed by atoms with van der Waals surface area (Å²) >= 11 is 0. The molecular weight excluding hydrogens is 283 g/mol. The molecule has 1 aliphatic heterocycles. The van der Waals surface area contributed by atoms with Gasteiger partial charge in [-0.15, -0.1) is 0 Å². The minimum atomic E-state index is -3.44. The smallest absolute Gasteiger partial charge is 0.227 e. The van der Waals surface area contributed by atoms with E-state index in [1.54, 1.807) is 6.92 Å². The Morgan fingerprint density at radius 2 is 2.10 bits per heavy atom. The average molecular weight is 300 g/mol. The maximum Gasteiger partial charge on any atom is 0.227 e. The molecule has 2 rings (SSSR count). The number of hydrogen-bond acceptors (Lipinski definition) is 4. The molecule has 110 valence electrons. The molecule has 1 saturated heterocycles. The molecule has 0 aromatic heterocycles. The number of rotatable bonds is 4. The van der Waals surface area contributed by atoms with Gasteiger partial charge < -0.3 is 10.6 Å². The minimum absolute atomic E-state index is 0.0211. The first-order valence-electron chi connectivity index (χ1n) is 6.30. The van der Waals surface area contributed by atoms with Crippen molar-refractivity contribution in [1.82, 2.24) is 5.32 Å². The fourth-order valence-electron chi connectivity index (χ4n) is 1.96. The van der Waals surface area contributed by atoms with E-state index in [9.17, 15) is 17.6 Å². The van der Waals surface area contributed by atoms with Crippen LogP contribution in [0.4, 0.5) is 10.1 Å². The van der Waals surface area contributed by atoms with Gasteiger partial charge in [0.2, 0.25) is 5.91 Å². The lowest BCUT2D eigenvalue weighted by molar-refractivity contribution is -0.121. The highest BCUT2D eigenvalue weighted by Crippen LogP contribution is 2.22. The standard InChI is InChI=1S/C13H17FN2O3S/c1-8(9-6-15-7-9)13(17)16-12-5-10(20(2,18)19)3-4-11(12)14/h3-5,8-9,15H,6-7H2,1-2H3,(H,16,17). The summed E-state index contributed by atoms with van der Waals surface area (Å²) in [7, 11) is -3.44. The van der Waals surface area contributed by atoms with Crippen molar-refractivity contribution in [3.05, 3.63) is 24.0 Å². The lowest BCUT2D eigenvalue weighted by Gasteiger charge is -2.31. The Balaban J connectivity index is 2.18. The molecule has 0 radical (unpaired) electrons. The average Bonchev–Trinajstić information content (AvgIpc) is 2.28. The lowest BCUT2D eigenvalue weighted by atomic mass is 9.88. The zero-order valence-electron chi connectivity index (χ0n) is 11.3. The van der Waals surface area contributed by atoms with E-state index in [4.69, 9.17) is 0 Å². The Bertz CT molecular complexity index is 627. The van der Waals surface area contributed by atoms with Crippen LogP contribution in [0.1, 0.15) is 6.92 Å². The summed E-state index contributed by atoms with van der Waals surface area (Å²) in [6.07, 6.45) is 1.04. The number of hydrogen-bond donors (Lipinski definition) is 2. The van der Waals surface area contributed by atoms with E-state index in [0.717, 1.165) is 31.5 Å². The highest BCUT2D eigenvalue weighted by atomic mass is 32.2. The summed E-state index contributed by atoms with van der Waals surface area (Å²) in [5.41, 5.74) is -0.0999. The second kappa shape index (κ2) is 5.49.